The summed E-state index contributed by atoms with van der Waals surface area (Å²) in [5.74, 6) is 0.470. The van der Waals surface area contributed by atoms with Gasteiger partial charge in [0.1, 0.15) is 11.9 Å². The minimum atomic E-state index is -0.705. The molecule has 1 saturated carbocycles. The first-order valence-corrected chi connectivity index (χ1v) is 12.1. The van der Waals surface area contributed by atoms with Gasteiger partial charge in [0.15, 0.2) is 0 Å². The van der Waals surface area contributed by atoms with Gasteiger partial charge in [0.25, 0.3) is 0 Å². The molecule has 4 nitrogen and oxygen atoms in total. The van der Waals surface area contributed by atoms with E-state index < -0.39 is 6.04 Å². The third kappa shape index (κ3) is 5.44. The molecular weight excluding hydrogens is 416 g/mol. The summed E-state index contributed by atoms with van der Waals surface area (Å²) in [6.45, 7) is 6.84. The number of alkyl halides is 1. The Balaban J connectivity index is 1.92. The fraction of sp³-hybridized carbons (Fsp3) is 0.500. The van der Waals surface area contributed by atoms with Crippen molar-refractivity contribution in [3.8, 4) is 0 Å². The summed E-state index contributed by atoms with van der Waals surface area (Å²) in [6.07, 6.45) is 3.29. The maximum atomic E-state index is 13.6. The molecule has 2 aromatic rings. The SMILES string of the molecule is Cc1ccc([C@H](C(=O)N[C@@H]2CCC[C@H](C)[C@@H]2C)N(Cc2cccs2)C(=O)CCl)cc1. The molecule has 1 aromatic heterocycles. The molecule has 30 heavy (non-hydrogen) atoms. The highest BCUT2D eigenvalue weighted by molar-refractivity contribution is 7.09. The zero-order valence-electron chi connectivity index (χ0n) is 17.9. The van der Waals surface area contributed by atoms with Crippen molar-refractivity contribution >= 4 is 34.8 Å². The third-order valence-corrected chi connectivity index (χ3v) is 7.42. The van der Waals surface area contributed by atoms with Gasteiger partial charge < -0.3 is 10.2 Å². The van der Waals surface area contributed by atoms with E-state index in [0.717, 1.165) is 28.8 Å². The molecule has 2 amide bonds. The molecule has 162 valence electrons. The van der Waals surface area contributed by atoms with Crippen molar-refractivity contribution in [2.75, 3.05) is 5.88 Å². The van der Waals surface area contributed by atoms with Crippen LogP contribution in [0.1, 0.15) is 55.2 Å². The van der Waals surface area contributed by atoms with E-state index in [-0.39, 0.29) is 23.7 Å². The zero-order valence-corrected chi connectivity index (χ0v) is 19.5. The molecule has 1 heterocycles. The monoisotopic (exact) mass is 446 g/mol. The molecule has 1 aliphatic rings. The molecule has 0 spiro atoms. The first-order chi connectivity index (χ1) is 14.4. The number of carbonyl (C=O) groups is 2. The van der Waals surface area contributed by atoms with Gasteiger partial charge >= 0.3 is 0 Å². The molecule has 3 rings (SSSR count). The van der Waals surface area contributed by atoms with Gasteiger partial charge in [0.05, 0.1) is 6.54 Å². The molecule has 4 atom stereocenters. The van der Waals surface area contributed by atoms with Gasteiger partial charge in [0, 0.05) is 10.9 Å². The number of halogens is 1. The standard InChI is InChI=1S/C24H31ClN2O2S/c1-16-9-11-19(12-10-16)23(24(29)26-21-8-4-6-17(2)18(21)3)27(22(28)14-25)15-20-7-5-13-30-20/h5,7,9-13,17-18,21,23H,4,6,8,14-15H2,1-3H3,(H,26,29)/t17-,18-,21+,23+/m0/s1. The van der Waals surface area contributed by atoms with Crippen LogP contribution in [0, 0.1) is 18.8 Å². The van der Waals surface area contributed by atoms with E-state index in [0.29, 0.717) is 18.4 Å². The molecule has 0 bridgehead atoms. The lowest BCUT2D eigenvalue weighted by Crippen LogP contribution is -2.50. The smallest absolute Gasteiger partial charge is 0.247 e. The number of nitrogens with zero attached hydrogens (tertiary/aromatic N) is 1. The highest BCUT2D eigenvalue weighted by Gasteiger charge is 2.35. The van der Waals surface area contributed by atoms with E-state index in [4.69, 9.17) is 11.6 Å². The Labute approximate surface area is 188 Å². The van der Waals surface area contributed by atoms with E-state index in [2.05, 4.69) is 19.2 Å². The number of aryl methyl sites for hydroxylation is 1. The molecule has 1 aliphatic carbocycles. The summed E-state index contributed by atoms with van der Waals surface area (Å²) in [6, 6.07) is 11.2. The molecule has 1 aromatic carbocycles. The fourth-order valence-corrected chi connectivity index (χ4v) is 5.10. The van der Waals surface area contributed by atoms with E-state index in [1.807, 2.05) is 48.7 Å². The Hall–Kier alpha value is -1.85. The van der Waals surface area contributed by atoms with Crippen molar-refractivity contribution in [1.82, 2.24) is 10.2 Å². The molecule has 6 heteroatoms. The van der Waals surface area contributed by atoms with Gasteiger partial charge in [-0.3, -0.25) is 9.59 Å². The summed E-state index contributed by atoms with van der Waals surface area (Å²) in [5.41, 5.74) is 1.92. The van der Waals surface area contributed by atoms with Gasteiger partial charge in [-0.25, -0.2) is 0 Å². The van der Waals surface area contributed by atoms with Crippen molar-refractivity contribution in [3.05, 3.63) is 57.8 Å². The summed E-state index contributed by atoms with van der Waals surface area (Å²) in [5, 5.41) is 5.26. The Morgan fingerprint density at radius 1 is 1.20 bits per heavy atom. The van der Waals surface area contributed by atoms with Gasteiger partial charge in [-0.1, -0.05) is 62.6 Å². The Morgan fingerprint density at radius 2 is 1.93 bits per heavy atom. The fourth-order valence-electron chi connectivity index (χ4n) is 4.24. The second-order valence-electron chi connectivity index (χ2n) is 8.43. The maximum Gasteiger partial charge on any atom is 0.247 e. The second-order valence-corrected chi connectivity index (χ2v) is 9.73. The number of amides is 2. The van der Waals surface area contributed by atoms with Crippen LogP contribution < -0.4 is 5.32 Å². The molecular formula is C24H31ClN2O2S. The average Bonchev–Trinajstić information content (AvgIpc) is 3.25. The summed E-state index contributed by atoms with van der Waals surface area (Å²) in [7, 11) is 0. The van der Waals surface area contributed by atoms with Crippen molar-refractivity contribution in [3.63, 3.8) is 0 Å². The van der Waals surface area contributed by atoms with Gasteiger partial charge in [-0.2, -0.15) is 0 Å². The van der Waals surface area contributed by atoms with Gasteiger partial charge in [-0.05, 0) is 42.2 Å². The van der Waals surface area contributed by atoms with Crippen LogP contribution >= 0.6 is 22.9 Å². The number of hydrogen-bond donors (Lipinski definition) is 1. The molecule has 0 radical (unpaired) electrons. The van der Waals surface area contributed by atoms with Crippen LogP contribution in [-0.2, 0) is 16.1 Å². The predicted octanol–water partition coefficient (Wildman–Crippen LogP) is 5.31. The van der Waals surface area contributed by atoms with E-state index in [1.165, 1.54) is 6.42 Å². The maximum absolute atomic E-state index is 13.6. The van der Waals surface area contributed by atoms with Crippen LogP contribution in [0.5, 0.6) is 0 Å². The van der Waals surface area contributed by atoms with Crippen LogP contribution in [0.2, 0.25) is 0 Å². The average molecular weight is 447 g/mol. The molecule has 0 saturated heterocycles. The summed E-state index contributed by atoms with van der Waals surface area (Å²) < 4.78 is 0. The minimum Gasteiger partial charge on any atom is -0.351 e. The number of hydrogen-bond acceptors (Lipinski definition) is 3. The number of thiophene rings is 1. The molecule has 1 N–H and O–H groups in total. The Kier molecular flexibility index (Phi) is 7.95. The number of nitrogens with one attached hydrogen (secondary N) is 1. The summed E-state index contributed by atoms with van der Waals surface area (Å²) in [4.78, 5) is 29.1. The topological polar surface area (TPSA) is 49.4 Å². The quantitative estimate of drug-likeness (QED) is 0.586. The number of carbonyl (C=O) groups excluding carboxylic acids is 2. The highest BCUT2D eigenvalue weighted by atomic mass is 35.5. The molecule has 1 fully saturated rings. The Bertz CT molecular complexity index is 837. The second kappa shape index (κ2) is 10.5. The van der Waals surface area contributed by atoms with Crippen molar-refractivity contribution in [2.24, 2.45) is 11.8 Å². The highest BCUT2D eigenvalue weighted by Crippen LogP contribution is 2.31. The predicted molar refractivity (Wildman–Crippen MR) is 124 cm³/mol. The van der Waals surface area contributed by atoms with Crippen LogP contribution in [0.4, 0.5) is 0 Å². The van der Waals surface area contributed by atoms with Crippen LogP contribution in [0.15, 0.2) is 41.8 Å². The van der Waals surface area contributed by atoms with Gasteiger partial charge in [0.2, 0.25) is 11.8 Å². The normalized spacial score (nSPS) is 22.3. The van der Waals surface area contributed by atoms with Crippen molar-refractivity contribution in [1.29, 1.82) is 0 Å². The van der Waals surface area contributed by atoms with Crippen LogP contribution in [0.25, 0.3) is 0 Å². The van der Waals surface area contributed by atoms with Crippen LogP contribution in [-0.4, -0.2) is 28.6 Å². The lowest BCUT2D eigenvalue weighted by atomic mass is 9.78. The first-order valence-electron chi connectivity index (χ1n) is 10.7. The zero-order chi connectivity index (χ0) is 21.7. The number of rotatable bonds is 7. The Morgan fingerprint density at radius 3 is 2.57 bits per heavy atom. The first kappa shape index (κ1) is 22.8. The van der Waals surface area contributed by atoms with Crippen molar-refractivity contribution in [2.45, 2.75) is 58.7 Å². The third-order valence-electron chi connectivity index (χ3n) is 6.33. The minimum absolute atomic E-state index is 0.125. The van der Waals surface area contributed by atoms with Gasteiger partial charge in [-0.15, -0.1) is 22.9 Å². The molecule has 0 aliphatic heterocycles. The number of benzene rings is 1. The van der Waals surface area contributed by atoms with E-state index in [1.54, 1.807) is 16.2 Å². The molecule has 0 unspecified atom stereocenters. The van der Waals surface area contributed by atoms with E-state index in [9.17, 15) is 9.59 Å². The van der Waals surface area contributed by atoms with Crippen molar-refractivity contribution < 1.29 is 9.59 Å². The largest absolute Gasteiger partial charge is 0.351 e. The summed E-state index contributed by atoms with van der Waals surface area (Å²) >= 11 is 7.54. The van der Waals surface area contributed by atoms with E-state index >= 15 is 0 Å². The van der Waals surface area contributed by atoms with Crippen LogP contribution in [0.3, 0.4) is 0 Å². The lowest BCUT2D eigenvalue weighted by molar-refractivity contribution is -0.140. The lowest BCUT2D eigenvalue weighted by Gasteiger charge is -2.37.